The standard InChI is InChI=1S/C27H52O/c1-3-5-7-8-9-10-12-14-24-15-17-26(18-16-24)23-28-27-21-19-25(20-22-27)13-11-6-4-2/h24-27H,3-23H2,1-2H3. The number of unbranched alkanes of at least 4 members (excludes halogenated alkanes) is 8. The monoisotopic (exact) mass is 392 g/mol. The van der Waals surface area contributed by atoms with E-state index < -0.39 is 0 Å². The van der Waals surface area contributed by atoms with Crippen molar-refractivity contribution in [3.63, 3.8) is 0 Å². The Kier molecular flexibility index (Phi) is 13.6. The quantitative estimate of drug-likeness (QED) is 0.252. The molecule has 0 aromatic carbocycles. The maximum absolute atomic E-state index is 6.38. The van der Waals surface area contributed by atoms with Crippen LogP contribution in [0.1, 0.15) is 142 Å². The van der Waals surface area contributed by atoms with Crippen LogP contribution in [0.5, 0.6) is 0 Å². The van der Waals surface area contributed by atoms with E-state index in [1.54, 1.807) is 0 Å². The highest BCUT2D eigenvalue weighted by Crippen LogP contribution is 2.34. The van der Waals surface area contributed by atoms with E-state index in [-0.39, 0.29) is 0 Å². The van der Waals surface area contributed by atoms with Crippen molar-refractivity contribution in [2.45, 2.75) is 148 Å². The molecule has 0 bridgehead atoms. The van der Waals surface area contributed by atoms with Gasteiger partial charge in [-0.3, -0.25) is 0 Å². The van der Waals surface area contributed by atoms with Crippen molar-refractivity contribution in [1.82, 2.24) is 0 Å². The summed E-state index contributed by atoms with van der Waals surface area (Å²) < 4.78 is 6.38. The van der Waals surface area contributed by atoms with E-state index in [1.165, 1.54) is 128 Å². The van der Waals surface area contributed by atoms with Gasteiger partial charge in [-0.25, -0.2) is 0 Å². The van der Waals surface area contributed by atoms with Crippen molar-refractivity contribution in [3.05, 3.63) is 0 Å². The van der Waals surface area contributed by atoms with E-state index in [9.17, 15) is 0 Å². The molecule has 2 fully saturated rings. The fourth-order valence-electron chi connectivity index (χ4n) is 5.62. The molecule has 28 heavy (non-hydrogen) atoms. The molecule has 0 atom stereocenters. The first-order valence-electron chi connectivity index (χ1n) is 13.4. The van der Waals surface area contributed by atoms with E-state index in [2.05, 4.69) is 13.8 Å². The third-order valence-electron chi connectivity index (χ3n) is 7.76. The van der Waals surface area contributed by atoms with Gasteiger partial charge < -0.3 is 4.74 Å². The molecule has 0 amide bonds. The molecule has 0 spiro atoms. The van der Waals surface area contributed by atoms with E-state index in [0.29, 0.717) is 6.10 Å². The Labute approximate surface area is 177 Å². The zero-order valence-corrected chi connectivity index (χ0v) is 19.6. The van der Waals surface area contributed by atoms with Crippen LogP contribution in [0.4, 0.5) is 0 Å². The van der Waals surface area contributed by atoms with Gasteiger partial charge in [-0.1, -0.05) is 104 Å². The largest absolute Gasteiger partial charge is 0.378 e. The van der Waals surface area contributed by atoms with Crippen molar-refractivity contribution in [2.24, 2.45) is 17.8 Å². The van der Waals surface area contributed by atoms with E-state index in [4.69, 9.17) is 4.74 Å². The molecule has 1 nitrogen and oxygen atoms in total. The van der Waals surface area contributed by atoms with Crippen LogP contribution in [0.3, 0.4) is 0 Å². The van der Waals surface area contributed by atoms with E-state index in [0.717, 1.165) is 24.4 Å². The van der Waals surface area contributed by atoms with E-state index in [1.807, 2.05) is 0 Å². The Morgan fingerprint density at radius 1 is 0.500 bits per heavy atom. The lowest BCUT2D eigenvalue weighted by atomic mass is 9.80. The average Bonchev–Trinajstić information content (AvgIpc) is 2.73. The van der Waals surface area contributed by atoms with Crippen LogP contribution in [0.2, 0.25) is 0 Å². The Bertz CT molecular complexity index is 336. The van der Waals surface area contributed by atoms with Crippen LogP contribution in [-0.2, 0) is 4.74 Å². The number of ether oxygens (including phenoxy) is 1. The van der Waals surface area contributed by atoms with Crippen molar-refractivity contribution in [1.29, 1.82) is 0 Å². The van der Waals surface area contributed by atoms with Gasteiger partial charge in [0.05, 0.1) is 6.10 Å². The summed E-state index contributed by atoms with van der Waals surface area (Å²) in [5.74, 6) is 2.91. The summed E-state index contributed by atoms with van der Waals surface area (Å²) in [6, 6.07) is 0. The molecule has 0 N–H and O–H groups in total. The van der Waals surface area contributed by atoms with Crippen molar-refractivity contribution < 1.29 is 4.74 Å². The maximum atomic E-state index is 6.38. The molecule has 0 radical (unpaired) electrons. The summed E-state index contributed by atoms with van der Waals surface area (Å²) in [5, 5.41) is 0. The average molecular weight is 393 g/mol. The number of hydrogen-bond donors (Lipinski definition) is 0. The van der Waals surface area contributed by atoms with Gasteiger partial charge >= 0.3 is 0 Å². The Hall–Kier alpha value is -0.0400. The van der Waals surface area contributed by atoms with Gasteiger partial charge in [0.25, 0.3) is 0 Å². The third kappa shape index (κ3) is 10.7. The fourth-order valence-corrected chi connectivity index (χ4v) is 5.62. The highest BCUT2D eigenvalue weighted by Gasteiger charge is 2.24. The Morgan fingerprint density at radius 3 is 1.54 bits per heavy atom. The van der Waals surface area contributed by atoms with Gasteiger partial charge in [-0.15, -0.1) is 0 Å². The topological polar surface area (TPSA) is 9.23 Å². The molecule has 2 saturated carbocycles. The minimum Gasteiger partial charge on any atom is -0.378 e. The zero-order chi connectivity index (χ0) is 19.9. The first-order chi connectivity index (χ1) is 13.8. The lowest BCUT2D eigenvalue weighted by Crippen LogP contribution is -2.26. The summed E-state index contributed by atoms with van der Waals surface area (Å²) in [5.41, 5.74) is 0. The second-order valence-corrected chi connectivity index (χ2v) is 10.3. The van der Waals surface area contributed by atoms with Crippen molar-refractivity contribution in [2.75, 3.05) is 6.61 Å². The van der Waals surface area contributed by atoms with Crippen molar-refractivity contribution in [3.8, 4) is 0 Å². The molecule has 2 aliphatic rings. The first kappa shape index (κ1) is 24.2. The highest BCUT2D eigenvalue weighted by molar-refractivity contribution is 4.76. The molecule has 2 aliphatic carbocycles. The molecule has 0 unspecified atom stereocenters. The predicted molar refractivity (Wildman–Crippen MR) is 124 cm³/mol. The molecule has 0 heterocycles. The van der Waals surface area contributed by atoms with Gasteiger partial charge in [0, 0.05) is 6.61 Å². The molecule has 0 saturated heterocycles. The molecular weight excluding hydrogens is 340 g/mol. The van der Waals surface area contributed by atoms with Gasteiger partial charge in [-0.2, -0.15) is 0 Å². The summed E-state index contributed by atoms with van der Waals surface area (Å²) in [6.07, 6.45) is 29.4. The molecule has 0 aliphatic heterocycles. The lowest BCUT2D eigenvalue weighted by molar-refractivity contribution is -0.0104. The molecule has 2 rings (SSSR count). The van der Waals surface area contributed by atoms with Gasteiger partial charge in [0.2, 0.25) is 0 Å². The van der Waals surface area contributed by atoms with Gasteiger partial charge in [0.15, 0.2) is 0 Å². The predicted octanol–water partition coefficient (Wildman–Crippen LogP) is 9.09. The fraction of sp³-hybridized carbons (Fsp3) is 1.00. The second kappa shape index (κ2) is 15.8. The minimum absolute atomic E-state index is 0.591. The van der Waals surface area contributed by atoms with Crippen LogP contribution >= 0.6 is 0 Å². The third-order valence-corrected chi connectivity index (χ3v) is 7.76. The molecule has 166 valence electrons. The normalized spacial score (nSPS) is 28.5. The lowest BCUT2D eigenvalue weighted by Gasteiger charge is -2.32. The summed E-state index contributed by atoms with van der Waals surface area (Å²) in [6.45, 7) is 5.69. The maximum Gasteiger partial charge on any atom is 0.0575 e. The van der Waals surface area contributed by atoms with E-state index >= 15 is 0 Å². The van der Waals surface area contributed by atoms with Crippen LogP contribution in [0.25, 0.3) is 0 Å². The molecular formula is C27H52O. The summed E-state index contributed by atoms with van der Waals surface area (Å²) >= 11 is 0. The van der Waals surface area contributed by atoms with Crippen LogP contribution in [-0.4, -0.2) is 12.7 Å². The van der Waals surface area contributed by atoms with Gasteiger partial charge in [0.1, 0.15) is 0 Å². The number of rotatable bonds is 15. The SMILES string of the molecule is CCCCCCCCCC1CCC(COC2CCC(CCCCC)CC2)CC1. The number of hydrogen-bond acceptors (Lipinski definition) is 1. The smallest absolute Gasteiger partial charge is 0.0575 e. The molecule has 1 heteroatoms. The van der Waals surface area contributed by atoms with Crippen LogP contribution in [0, 0.1) is 17.8 Å². The van der Waals surface area contributed by atoms with Crippen LogP contribution in [0.15, 0.2) is 0 Å². The molecule has 0 aromatic rings. The Balaban J connectivity index is 1.43. The highest BCUT2D eigenvalue weighted by atomic mass is 16.5. The van der Waals surface area contributed by atoms with Crippen LogP contribution < -0.4 is 0 Å². The summed E-state index contributed by atoms with van der Waals surface area (Å²) in [7, 11) is 0. The first-order valence-corrected chi connectivity index (χ1v) is 13.4. The zero-order valence-electron chi connectivity index (χ0n) is 19.6. The summed E-state index contributed by atoms with van der Waals surface area (Å²) in [4.78, 5) is 0. The molecule has 0 aromatic heterocycles. The van der Waals surface area contributed by atoms with Gasteiger partial charge in [-0.05, 0) is 56.3 Å². The minimum atomic E-state index is 0.591. The Morgan fingerprint density at radius 2 is 0.929 bits per heavy atom. The van der Waals surface area contributed by atoms with Crippen molar-refractivity contribution >= 4 is 0 Å². The second-order valence-electron chi connectivity index (χ2n) is 10.3.